The number of hydrogen-bond donors (Lipinski definition) is 1. The van der Waals surface area contributed by atoms with Gasteiger partial charge in [0.25, 0.3) is 5.91 Å². The predicted molar refractivity (Wildman–Crippen MR) is 90.5 cm³/mol. The van der Waals surface area contributed by atoms with Gasteiger partial charge in [-0.25, -0.2) is 0 Å². The smallest absolute Gasteiger partial charge is 0.310 e. The molecule has 0 unspecified atom stereocenters. The topological polar surface area (TPSA) is 73.9 Å². The summed E-state index contributed by atoms with van der Waals surface area (Å²) < 4.78 is 15.6. The maximum Gasteiger partial charge on any atom is 0.310 e. The summed E-state index contributed by atoms with van der Waals surface area (Å²) in [7, 11) is 1.56. The SMILES string of the molecule is COc1ccccc1OCCNC(=O)COC(=O)Cc1ccsc1. The second kappa shape index (κ2) is 9.57. The van der Waals surface area contributed by atoms with Crippen LogP contribution in [-0.4, -0.2) is 38.7 Å². The first-order valence-electron chi connectivity index (χ1n) is 7.38. The lowest BCUT2D eigenvalue weighted by Gasteiger charge is -2.11. The fourth-order valence-electron chi connectivity index (χ4n) is 1.90. The highest BCUT2D eigenvalue weighted by molar-refractivity contribution is 7.07. The highest BCUT2D eigenvalue weighted by Crippen LogP contribution is 2.25. The fourth-order valence-corrected chi connectivity index (χ4v) is 2.57. The van der Waals surface area contributed by atoms with Crippen LogP contribution in [-0.2, 0) is 20.7 Å². The number of hydrogen-bond acceptors (Lipinski definition) is 6. The molecule has 1 aromatic carbocycles. The molecule has 0 fully saturated rings. The zero-order valence-electron chi connectivity index (χ0n) is 13.3. The van der Waals surface area contributed by atoms with Gasteiger partial charge in [-0.2, -0.15) is 11.3 Å². The molecular formula is C17H19NO5S. The maximum atomic E-state index is 11.6. The molecule has 0 saturated heterocycles. The molecule has 0 radical (unpaired) electrons. The first-order chi connectivity index (χ1) is 11.7. The minimum Gasteiger partial charge on any atom is -0.493 e. The molecule has 24 heavy (non-hydrogen) atoms. The second-order valence-electron chi connectivity index (χ2n) is 4.82. The lowest BCUT2D eigenvalue weighted by atomic mass is 10.2. The molecule has 0 aliphatic carbocycles. The van der Waals surface area contributed by atoms with Crippen molar-refractivity contribution >= 4 is 23.2 Å². The first kappa shape index (κ1) is 17.8. The molecule has 2 aromatic rings. The third-order valence-corrected chi connectivity index (χ3v) is 3.78. The molecule has 7 heteroatoms. The Hall–Kier alpha value is -2.54. The first-order valence-corrected chi connectivity index (χ1v) is 8.32. The normalized spacial score (nSPS) is 10.0. The minimum atomic E-state index is -0.422. The van der Waals surface area contributed by atoms with E-state index in [2.05, 4.69) is 5.32 Å². The van der Waals surface area contributed by atoms with Gasteiger partial charge in [-0.05, 0) is 34.5 Å². The van der Waals surface area contributed by atoms with E-state index in [1.165, 1.54) is 11.3 Å². The van der Waals surface area contributed by atoms with E-state index in [1.807, 2.05) is 29.0 Å². The van der Waals surface area contributed by atoms with Gasteiger partial charge in [-0.1, -0.05) is 12.1 Å². The number of carbonyl (C=O) groups excluding carboxylic acids is 2. The van der Waals surface area contributed by atoms with Gasteiger partial charge in [0.1, 0.15) is 6.61 Å². The van der Waals surface area contributed by atoms with Gasteiger partial charge in [0.15, 0.2) is 18.1 Å². The van der Waals surface area contributed by atoms with E-state index in [1.54, 1.807) is 19.2 Å². The third kappa shape index (κ3) is 5.92. The number of amides is 1. The lowest BCUT2D eigenvalue weighted by molar-refractivity contribution is -0.147. The number of esters is 1. The monoisotopic (exact) mass is 349 g/mol. The highest BCUT2D eigenvalue weighted by Gasteiger charge is 2.09. The van der Waals surface area contributed by atoms with Crippen LogP contribution in [0.2, 0.25) is 0 Å². The number of thiophene rings is 1. The molecule has 6 nitrogen and oxygen atoms in total. The molecule has 2 rings (SSSR count). The average molecular weight is 349 g/mol. The van der Waals surface area contributed by atoms with Crippen molar-refractivity contribution in [2.75, 3.05) is 26.9 Å². The summed E-state index contributed by atoms with van der Waals surface area (Å²) in [5.74, 6) is 0.453. The van der Waals surface area contributed by atoms with Crippen LogP contribution >= 0.6 is 11.3 Å². The Morgan fingerprint density at radius 3 is 2.67 bits per heavy atom. The van der Waals surface area contributed by atoms with E-state index in [-0.39, 0.29) is 25.5 Å². The summed E-state index contributed by atoms with van der Waals surface area (Å²) in [5.41, 5.74) is 0.885. The zero-order valence-corrected chi connectivity index (χ0v) is 14.1. The molecule has 0 aliphatic rings. The summed E-state index contributed by atoms with van der Waals surface area (Å²) in [6.07, 6.45) is 0.174. The Labute approximate surface area is 144 Å². The summed E-state index contributed by atoms with van der Waals surface area (Å²) in [4.78, 5) is 23.2. The predicted octanol–water partition coefficient (Wildman–Crippen LogP) is 2.04. The number of nitrogens with one attached hydrogen (secondary N) is 1. The Morgan fingerprint density at radius 2 is 1.96 bits per heavy atom. The minimum absolute atomic E-state index is 0.174. The summed E-state index contributed by atoms with van der Waals surface area (Å²) >= 11 is 1.51. The zero-order chi connectivity index (χ0) is 17.2. The Morgan fingerprint density at radius 1 is 1.17 bits per heavy atom. The van der Waals surface area contributed by atoms with Crippen LogP contribution in [0.15, 0.2) is 41.1 Å². The van der Waals surface area contributed by atoms with Crippen LogP contribution in [0.5, 0.6) is 11.5 Å². The number of rotatable bonds is 9. The Bertz CT molecular complexity index is 657. The number of methoxy groups -OCH3 is 1. The summed E-state index contributed by atoms with van der Waals surface area (Å²) in [6.45, 7) is 0.297. The van der Waals surface area contributed by atoms with Gasteiger partial charge in [-0.15, -0.1) is 0 Å². The number of ether oxygens (including phenoxy) is 3. The Balaban J connectivity index is 1.60. The van der Waals surface area contributed by atoms with Crippen LogP contribution in [0, 0.1) is 0 Å². The van der Waals surface area contributed by atoms with E-state index < -0.39 is 5.97 Å². The van der Waals surface area contributed by atoms with Gasteiger partial charge in [0.05, 0.1) is 20.1 Å². The van der Waals surface area contributed by atoms with Crippen LogP contribution in [0.25, 0.3) is 0 Å². The molecule has 0 spiro atoms. The molecule has 1 aromatic heterocycles. The van der Waals surface area contributed by atoms with Gasteiger partial charge < -0.3 is 19.5 Å². The van der Waals surface area contributed by atoms with Crippen molar-refractivity contribution in [1.29, 1.82) is 0 Å². The summed E-state index contributed by atoms with van der Waals surface area (Å²) in [6, 6.07) is 9.11. The molecule has 0 atom stereocenters. The standard InChI is InChI=1S/C17H19NO5S/c1-21-14-4-2-3-5-15(14)22-8-7-18-16(19)11-23-17(20)10-13-6-9-24-12-13/h2-6,9,12H,7-8,10-11H2,1H3,(H,18,19). The van der Waals surface area contributed by atoms with Crippen molar-refractivity contribution in [2.24, 2.45) is 0 Å². The van der Waals surface area contributed by atoms with Gasteiger partial charge in [0, 0.05) is 0 Å². The van der Waals surface area contributed by atoms with E-state index in [0.717, 1.165) is 5.56 Å². The van der Waals surface area contributed by atoms with Crippen molar-refractivity contribution < 1.29 is 23.8 Å². The van der Waals surface area contributed by atoms with Crippen LogP contribution in [0.3, 0.4) is 0 Å². The molecule has 0 aliphatic heterocycles. The molecule has 1 amide bonds. The number of para-hydroxylation sites is 2. The molecular weight excluding hydrogens is 330 g/mol. The van der Waals surface area contributed by atoms with E-state index >= 15 is 0 Å². The second-order valence-corrected chi connectivity index (χ2v) is 5.60. The van der Waals surface area contributed by atoms with E-state index in [0.29, 0.717) is 18.0 Å². The molecule has 1 N–H and O–H groups in total. The van der Waals surface area contributed by atoms with Crippen molar-refractivity contribution in [3.8, 4) is 11.5 Å². The molecule has 0 bridgehead atoms. The van der Waals surface area contributed by atoms with Gasteiger partial charge in [0.2, 0.25) is 0 Å². The maximum absolute atomic E-state index is 11.6. The van der Waals surface area contributed by atoms with Crippen LogP contribution in [0.4, 0.5) is 0 Å². The number of carbonyl (C=O) groups is 2. The Kier molecular flexibility index (Phi) is 7.10. The quantitative estimate of drug-likeness (QED) is 0.554. The van der Waals surface area contributed by atoms with Crippen molar-refractivity contribution in [3.05, 3.63) is 46.7 Å². The molecule has 1 heterocycles. The largest absolute Gasteiger partial charge is 0.493 e. The fraction of sp³-hybridized carbons (Fsp3) is 0.294. The van der Waals surface area contributed by atoms with Crippen molar-refractivity contribution in [3.63, 3.8) is 0 Å². The number of benzene rings is 1. The summed E-state index contributed by atoms with van der Waals surface area (Å²) in [5, 5.41) is 6.38. The molecule has 128 valence electrons. The average Bonchev–Trinajstić information content (AvgIpc) is 3.10. The van der Waals surface area contributed by atoms with E-state index in [9.17, 15) is 9.59 Å². The van der Waals surface area contributed by atoms with Crippen molar-refractivity contribution in [1.82, 2.24) is 5.32 Å². The van der Waals surface area contributed by atoms with Gasteiger partial charge >= 0.3 is 5.97 Å². The van der Waals surface area contributed by atoms with Crippen LogP contribution < -0.4 is 14.8 Å². The van der Waals surface area contributed by atoms with Gasteiger partial charge in [-0.3, -0.25) is 9.59 Å². The van der Waals surface area contributed by atoms with E-state index in [4.69, 9.17) is 14.2 Å². The lowest BCUT2D eigenvalue weighted by Crippen LogP contribution is -2.32. The highest BCUT2D eigenvalue weighted by atomic mass is 32.1. The van der Waals surface area contributed by atoms with Crippen molar-refractivity contribution in [2.45, 2.75) is 6.42 Å². The third-order valence-electron chi connectivity index (χ3n) is 3.04. The van der Waals surface area contributed by atoms with Crippen LogP contribution in [0.1, 0.15) is 5.56 Å². The molecule has 0 saturated carbocycles.